The molecule has 148 valence electrons. The van der Waals surface area contributed by atoms with E-state index in [0.717, 1.165) is 5.56 Å². The topological polar surface area (TPSA) is 84.9 Å². The molecule has 0 aromatic heterocycles. The minimum Gasteiger partial charge on any atom is -0.459 e. The third kappa shape index (κ3) is 6.27. The number of rotatable bonds is 5. The van der Waals surface area contributed by atoms with E-state index in [1.54, 1.807) is 27.7 Å². The SMILES string of the molecule is C[C@H](NC(=O)[C@@H]1CCCN1C(=O)OC(C)(C)C)C(=O)OCc1ccccc1. The first-order chi connectivity index (χ1) is 12.7. The summed E-state index contributed by atoms with van der Waals surface area (Å²) in [6.07, 6.45) is 0.737. The Hall–Kier alpha value is -2.57. The molecule has 27 heavy (non-hydrogen) atoms. The van der Waals surface area contributed by atoms with Crippen molar-refractivity contribution in [3.63, 3.8) is 0 Å². The van der Waals surface area contributed by atoms with Crippen LogP contribution in [0.3, 0.4) is 0 Å². The second-order valence-electron chi connectivity index (χ2n) is 7.66. The Morgan fingerprint density at radius 3 is 2.52 bits per heavy atom. The van der Waals surface area contributed by atoms with Gasteiger partial charge < -0.3 is 14.8 Å². The maximum absolute atomic E-state index is 12.5. The van der Waals surface area contributed by atoms with Gasteiger partial charge in [-0.25, -0.2) is 9.59 Å². The fourth-order valence-electron chi connectivity index (χ4n) is 2.80. The molecule has 2 atom stereocenters. The minimum absolute atomic E-state index is 0.146. The molecule has 2 amide bonds. The van der Waals surface area contributed by atoms with E-state index in [1.165, 1.54) is 4.90 Å². The van der Waals surface area contributed by atoms with Gasteiger partial charge in [0.15, 0.2) is 0 Å². The number of hydrogen-bond donors (Lipinski definition) is 1. The van der Waals surface area contributed by atoms with E-state index in [2.05, 4.69) is 5.32 Å². The van der Waals surface area contributed by atoms with Crippen LogP contribution in [0.5, 0.6) is 0 Å². The fraction of sp³-hybridized carbons (Fsp3) is 0.550. The van der Waals surface area contributed by atoms with Crippen molar-refractivity contribution in [1.29, 1.82) is 0 Å². The number of benzene rings is 1. The summed E-state index contributed by atoms with van der Waals surface area (Å²) in [6, 6.07) is 7.87. The molecule has 1 aliphatic rings. The predicted molar refractivity (Wildman–Crippen MR) is 99.8 cm³/mol. The first-order valence-corrected chi connectivity index (χ1v) is 9.18. The molecule has 0 saturated carbocycles. The molecular weight excluding hydrogens is 348 g/mol. The quantitative estimate of drug-likeness (QED) is 0.799. The van der Waals surface area contributed by atoms with Gasteiger partial charge in [0.1, 0.15) is 24.3 Å². The van der Waals surface area contributed by atoms with Crippen molar-refractivity contribution in [3.8, 4) is 0 Å². The Bertz CT molecular complexity index is 669. The standard InChI is InChI=1S/C20H28N2O5/c1-14(18(24)26-13-15-9-6-5-7-10-15)21-17(23)16-11-8-12-22(16)19(25)27-20(2,3)4/h5-7,9-10,14,16H,8,11-13H2,1-4H3,(H,21,23)/t14-,16-/m0/s1. The molecule has 7 heteroatoms. The van der Waals surface area contributed by atoms with Crippen LogP contribution in [0.4, 0.5) is 4.79 Å². The number of hydrogen-bond acceptors (Lipinski definition) is 5. The lowest BCUT2D eigenvalue weighted by Gasteiger charge is -2.28. The lowest BCUT2D eigenvalue weighted by atomic mass is 10.2. The van der Waals surface area contributed by atoms with Crippen LogP contribution in [0.2, 0.25) is 0 Å². The molecule has 0 aliphatic carbocycles. The first-order valence-electron chi connectivity index (χ1n) is 9.18. The molecule has 0 bridgehead atoms. The van der Waals surface area contributed by atoms with Gasteiger partial charge in [0.25, 0.3) is 0 Å². The first kappa shape index (κ1) is 20.7. The van der Waals surface area contributed by atoms with Crippen LogP contribution < -0.4 is 5.32 Å². The summed E-state index contributed by atoms with van der Waals surface area (Å²) >= 11 is 0. The molecule has 1 aliphatic heterocycles. The lowest BCUT2D eigenvalue weighted by Crippen LogP contribution is -2.51. The molecule has 1 fully saturated rings. The van der Waals surface area contributed by atoms with Gasteiger partial charge in [-0.3, -0.25) is 9.69 Å². The third-order valence-corrected chi connectivity index (χ3v) is 4.12. The zero-order chi connectivity index (χ0) is 20.0. The monoisotopic (exact) mass is 376 g/mol. The summed E-state index contributed by atoms with van der Waals surface area (Å²) in [5.41, 5.74) is 0.242. The summed E-state index contributed by atoms with van der Waals surface area (Å²) in [5.74, 6) is -0.892. The van der Waals surface area contributed by atoms with Crippen LogP contribution in [-0.4, -0.2) is 47.1 Å². The van der Waals surface area contributed by atoms with Crippen molar-refractivity contribution < 1.29 is 23.9 Å². The Morgan fingerprint density at radius 1 is 1.22 bits per heavy atom. The van der Waals surface area contributed by atoms with Crippen molar-refractivity contribution in [2.45, 2.75) is 64.8 Å². The van der Waals surface area contributed by atoms with Crippen molar-refractivity contribution in [1.82, 2.24) is 10.2 Å². The van der Waals surface area contributed by atoms with E-state index in [9.17, 15) is 14.4 Å². The molecular formula is C20H28N2O5. The molecule has 1 saturated heterocycles. The average Bonchev–Trinajstić information content (AvgIpc) is 3.09. The van der Waals surface area contributed by atoms with Crippen molar-refractivity contribution >= 4 is 18.0 Å². The number of esters is 1. The molecule has 1 aromatic rings. The summed E-state index contributed by atoms with van der Waals surface area (Å²) in [5, 5.41) is 2.64. The molecule has 0 spiro atoms. The number of nitrogens with one attached hydrogen (secondary N) is 1. The number of amides is 2. The van der Waals surface area contributed by atoms with E-state index in [0.29, 0.717) is 19.4 Å². The van der Waals surface area contributed by atoms with Crippen LogP contribution in [0.1, 0.15) is 46.1 Å². The summed E-state index contributed by atoms with van der Waals surface area (Å²) in [6.45, 7) is 7.51. The van der Waals surface area contributed by atoms with Gasteiger partial charge in [0, 0.05) is 6.54 Å². The van der Waals surface area contributed by atoms with Crippen LogP contribution in [0, 0.1) is 0 Å². The van der Waals surface area contributed by atoms with Gasteiger partial charge in [-0.2, -0.15) is 0 Å². The van der Waals surface area contributed by atoms with E-state index in [1.807, 2.05) is 30.3 Å². The smallest absolute Gasteiger partial charge is 0.410 e. The second-order valence-corrected chi connectivity index (χ2v) is 7.66. The number of ether oxygens (including phenoxy) is 2. The number of likely N-dealkylation sites (tertiary alicyclic amines) is 1. The number of carbonyl (C=O) groups is 3. The van der Waals surface area contributed by atoms with Crippen LogP contribution in [-0.2, 0) is 25.7 Å². The largest absolute Gasteiger partial charge is 0.459 e. The van der Waals surface area contributed by atoms with Crippen LogP contribution >= 0.6 is 0 Å². The van der Waals surface area contributed by atoms with Gasteiger partial charge in [0.05, 0.1) is 0 Å². The van der Waals surface area contributed by atoms with E-state index < -0.39 is 29.7 Å². The molecule has 2 rings (SSSR count). The second kappa shape index (κ2) is 8.88. The van der Waals surface area contributed by atoms with Gasteiger partial charge in [-0.15, -0.1) is 0 Å². The normalized spacial score (nSPS) is 17.9. The molecule has 1 aromatic carbocycles. The molecule has 1 N–H and O–H groups in total. The fourth-order valence-corrected chi connectivity index (χ4v) is 2.80. The van der Waals surface area contributed by atoms with Gasteiger partial charge in [-0.05, 0) is 46.1 Å². The molecule has 1 heterocycles. The molecule has 0 radical (unpaired) electrons. The highest BCUT2D eigenvalue weighted by Gasteiger charge is 2.37. The van der Waals surface area contributed by atoms with Gasteiger partial charge >= 0.3 is 12.1 Å². The third-order valence-electron chi connectivity index (χ3n) is 4.12. The van der Waals surface area contributed by atoms with Crippen LogP contribution in [0.25, 0.3) is 0 Å². The van der Waals surface area contributed by atoms with Gasteiger partial charge in [0.2, 0.25) is 5.91 Å². The maximum Gasteiger partial charge on any atom is 0.410 e. The van der Waals surface area contributed by atoms with Gasteiger partial charge in [-0.1, -0.05) is 30.3 Å². The Kier molecular flexibility index (Phi) is 6.82. The minimum atomic E-state index is -0.803. The summed E-state index contributed by atoms with van der Waals surface area (Å²) < 4.78 is 10.6. The maximum atomic E-state index is 12.5. The summed E-state index contributed by atoms with van der Waals surface area (Å²) in [7, 11) is 0. The zero-order valence-electron chi connectivity index (χ0n) is 16.4. The highest BCUT2D eigenvalue weighted by atomic mass is 16.6. The van der Waals surface area contributed by atoms with Crippen LogP contribution in [0.15, 0.2) is 30.3 Å². The predicted octanol–water partition coefficient (Wildman–Crippen LogP) is 2.63. The van der Waals surface area contributed by atoms with Crippen molar-refractivity contribution in [3.05, 3.63) is 35.9 Å². The van der Waals surface area contributed by atoms with E-state index in [4.69, 9.17) is 9.47 Å². The average molecular weight is 376 g/mol. The Labute approximate surface area is 160 Å². The van der Waals surface area contributed by atoms with E-state index in [-0.39, 0.29) is 12.5 Å². The number of nitrogens with zero attached hydrogens (tertiary/aromatic N) is 1. The molecule has 7 nitrogen and oxygen atoms in total. The lowest BCUT2D eigenvalue weighted by molar-refractivity contribution is -0.149. The number of carbonyl (C=O) groups excluding carboxylic acids is 3. The van der Waals surface area contributed by atoms with Crippen molar-refractivity contribution in [2.75, 3.05) is 6.54 Å². The Balaban J connectivity index is 1.87. The van der Waals surface area contributed by atoms with Crippen molar-refractivity contribution in [2.24, 2.45) is 0 Å². The highest BCUT2D eigenvalue weighted by Crippen LogP contribution is 2.21. The highest BCUT2D eigenvalue weighted by molar-refractivity contribution is 5.89. The zero-order valence-corrected chi connectivity index (χ0v) is 16.4. The summed E-state index contributed by atoms with van der Waals surface area (Å²) in [4.78, 5) is 38.4. The Morgan fingerprint density at radius 2 is 1.89 bits per heavy atom. The van der Waals surface area contributed by atoms with E-state index >= 15 is 0 Å². The molecule has 0 unspecified atom stereocenters.